The van der Waals surface area contributed by atoms with Gasteiger partial charge in [-0.15, -0.1) is 0 Å². The second kappa shape index (κ2) is 7.63. The van der Waals surface area contributed by atoms with E-state index in [4.69, 9.17) is 4.74 Å². The monoisotopic (exact) mass is 367 g/mol. The molecule has 0 spiro atoms. The number of hydrogen-bond donors (Lipinski definition) is 2. The van der Waals surface area contributed by atoms with E-state index in [1.807, 2.05) is 31.2 Å². The van der Waals surface area contributed by atoms with Gasteiger partial charge in [0.05, 0.1) is 25.3 Å². The van der Waals surface area contributed by atoms with Crippen LogP contribution in [0.1, 0.15) is 22.7 Å². The molecule has 2 aromatic carbocycles. The van der Waals surface area contributed by atoms with Crippen LogP contribution in [0.15, 0.2) is 54.1 Å². The molecule has 0 aliphatic carbocycles. The molecule has 0 saturated carbocycles. The lowest BCUT2D eigenvalue weighted by atomic mass is 9.95. The number of ether oxygens (including phenoxy) is 1. The van der Waals surface area contributed by atoms with Crippen molar-refractivity contribution < 1.29 is 24.5 Å². The summed E-state index contributed by atoms with van der Waals surface area (Å²) in [7, 11) is 1.53. The Morgan fingerprint density at radius 3 is 2.26 bits per heavy atom. The zero-order chi connectivity index (χ0) is 19.6. The molecule has 1 aliphatic rings. The maximum Gasteiger partial charge on any atom is 0.295 e. The predicted octanol–water partition coefficient (Wildman–Crippen LogP) is 2.42. The van der Waals surface area contributed by atoms with Crippen LogP contribution in [0.25, 0.3) is 5.76 Å². The van der Waals surface area contributed by atoms with Crippen LogP contribution >= 0.6 is 0 Å². The Morgan fingerprint density at radius 1 is 1.07 bits per heavy atom. The molecule has 3 rings (SSSR count). The van der Waals surface area contributed by atoms with Gasteiger partial charge in [-0.1, -0.05) is 29.8 Å². The number of amides is 1. The summed E-state index contributed by atoms with van der Waals surface area (Å²) in [5.74, 6) is -1.13. The highest BCUT2D eigenvalue weighted by Gasteiger charge is 2.45. The van der Waals surface area contributed by atoms with Gasteiger partial charge < -0.3 is 19.8 Å². The summed E-state index contributed by atoms with van der Waals surface area (Å²) in [6, 6.07) is 13.2. The Morgan fingerprint density at radius 2 is 1.70 bits per heavy atom. The minimum absolute atomic E-state index is 0.00249. The van der Waals surface area contributed by atoms with Crippen LogP contribution in [0.4, 0.5) is 0 Å². The Balaban J connectivity index is 2.14. The average molecular weight is 367 g/mol. The van der Waals surface area contributed by atoms with E-state index in [-0.39, 0.29) is 24.5 Å². The molecule has 2 N–H and O–H groups in total. The average Bonchev–Trinajstić information content (AvgIpc) is 2.93. The van der Waals surface area contributed by atoms with E-state index in [1.165, 1.54) is 12.0 Å². The first-order chi connectivity index (χ1) is 13.0. The molecule has 1 saturated heterocycles. The van der Waals surface area contributed by atoms with Crippen molar-refractivity contribution in [1.82, 2.24) is 4.90 Å². The van der Waals surface area contributed by atoms with Gasteiger partial charge in [0.25, 0.3) is 11.7 Å². The molecule has 2 aromatic rings. The van der Waals surface area contributed by atoms with Gasteiger partial charge in [-0.25, -0.2) is 0 Å². The molecular weight excluding hydrogens is 346 g/mol. The van der Waals surface area contributed by atoms with Gasteiger partial charge in [-0.05, 0) is 36.8 Å². The number of aliphatic hydroxyl groups excluding tert-OH is 2. The maximum atomic E-state index is 12.7. The van der Waals surface area contributed by atoms with Crippen molar-refractivity contribution in [3.8, 4) is 5.75 Å². The summed E-state index contributed by atoms with van der Waals surface area (Å²) < 4.78 is 5.11. The predicted molar refractivity (Wildman–Crippen MR) is 100 cm³/mol. The van der Waals surface area contributed by atoms with E-state index >= 15 is 0 Å². The smallest absolute Gasteiger partial charge is 0.295 e. The number of rotatable bonds is 5. The highest BCUT2D eigenvalue weighted by molar-refractivity contribution is 6.46. The molecule has 1 amide bonds. The van der Waals surface area contributed by atoms with Gasteiger partial charge in [-0.2, -0.15) is 0 Å². The number of β-amino-alcohol motifs (C(OH)–C–C–N with tert-alkyl or cyclic N) is 1. The second-order valence-corrected chi connectivity index (χ2v) is 6.36. The third-order valence-corrected chi connectivity index (χ3v) is 4.64. The number of carbonyl (C=O) groups excluding carboxylic acids is 2. The molecule has 0 bridgehead atoms. The quantitative estimate of drug-likeness (QED) is 0.481. The standard InChI is InChI=1S/C21H21NO5/c1-13-3-5-14(6-4-13)18-17(20(25)21(26)22(18)11-12-23)19(24)15-7-9-16(27-2)10-8-15/h3-10,18,23-24H,11-12H2,1-2H3/t18-/m1/s1. The van der Waals surface area contributed by atoms with E-state index in [0.29, 0.717) is 16.9 Å². The normalized spacial score (nSPS) is 18.8. The molecule has 6 heteroatoms. The number of aliphatic hydroxyl groups is 2. The first kappa shape index (κ1) is 18.7. The van der Waals surface area contributed by atoms with Crippen LogP contribution in [0.2, 0.25) is 0 Å². The van der Waals surface area contributed by atoms with Gasteiger partial charge >= 0.3 is 0 Å². The van der Waals surface area contributed by atoms with E-state index in [1.54, 1.807) is 24.3 Å². The molecule has 1 fully saturated rings. The Labute approximate surface area is 157 Å². The van der Waals surface area contributed by atoms with Crippen LogP contribution < -0.4 is 4.74 Å². The summed E-state index contributed by atoms with van der Waals surface area (Å²) in [6.07, 6.45) is 0. The molecule has 0 unspecified atom stereocenters. The van der Waals surface area contributed by atoms with Gasteiger partial charge in [0.1, 0.15) is 11.5 Å². The lowest BCUT2D eigenvalue weighted by Crippen LogP contribution is -2.32. The number of nitrogens with zero attached hydrogens (tertiary/aromatic N) is 1. The van der Waals surface area contributed by atoms with Crippen LogP contribution in [-0.4, -0.2) is 47.1 Å². The number of likely N-dealkylation sites (tertiary alicyclic amines) is 1. The largest absolute Gasteiger partial charge is 0.507 e. The number of aryl methyl sites for hydroxylation is 1. The van der Waals surface area contributed by atoms with Crippen LogP contribution in [0.5, 0.6) is 5.75 Å². The topological polar surface area (TPSA) is 87.1 Å². The Hall–Kier alpha value is -3.12. The fourth-order valence-corrected chi connectivity index (χ4v) is 3.22. The number of ketones is 1. The second-order valence-electron chi connectivity index (χ2n) is 6.36. The molecule has 0 aromatic heterocycles. The molecular formula is C21H21NO5. The first-order valence-electron chi connectivity index (χ1n) is 8.58. The van der Waals surface area contributed by atoms with Crippen molar-refractivity contribution in [2.24, 2.45) is 0 Å². The summed E-state index contributed by atoms with van der Waals surface area (Å²) in [5.41, 5.74) is 2.16. The van der Waals surface area contributed by atoms with Gasteiger partial charge in [0.2, 0.25) is 0 Å². The number of carbonyl (C=O) groups is 2. The zero-order valence-electron chi connectivity index (χ0n) is 15.2. The summed E-state index contributed by atoms with van der Waals surface area (Å²) in [6.45, 7) is 1.66. The van der Waals surface area contributed by atoms with E-state index in [9.17, 15) is 19.8 Å². The molecule has 6 nitrogen and oxygen atoms in total. The lowest BCUT2D eigenvalue weighted by Gasteiger charge is -2.24. The van der Waals surface area contributed by atoms with Crippen molar-refractivity contribution >= 4 is 17.4 Å². The zero-order valence-corrected chi connectivity index (χ0v) is 15.2. The minimum Gasteiger partial charge on any atom is -0.507 e. The van der Waals surface area contributed by atoms with E-state index in [2.05, 4.69) is 0 Å². The van der Waals surface area contributed by atoms with Crippen molar-refractivity contribution in [2.45, 2.75) is 13.0 Å². The molecule has 1 aliphatic heterocycles. The van der Waals surface area contributed by atoms with Crippen molar-refractivity contribution in [1.29, 1.82) is 0 Å². The fourth-order valence-electron chi connectivity index (χ4n) is 3.22. The molecule has 1 atom stereocenters. The molecule has 0 radical (unpaired) electrons. The summed E-state index contributed by atoms with van der Waals surface area (Å²) in [4.78, 5) is 26.4. The van der Waals surface area contributed by atoms with E-state index in [0.717, 1.165) is 5.56 Å². The molecule has 140 valence electrons. The first-order valence-corrected chi connectivity index (χ1v) is 8.58. The highest BCUT2D eigenvalue weighted by atomic mass is 16.5. The van der Waals surface area contributed by atoms with Gasteiger partial charge in [0.15, 0.2) is 0 Å². The fraction of sp³-hybridized carbons (Fsp3) is 0.238. The highest BCUT2D eigenvalue weighted by Crippen LogP contribution is 2.39. The summed E-state index contributed by atoms with van der Waals surface area (Å²) in [5, 5.41) is 20.2. The third kappa shape index (κ3) is 3.44. The molecule has 1 heterocycles. The Bertz CT molecular complexity index is 884. The van der Waals surface area contributed by atoms with Crippen molar-refractivity contribution in [3.63, 3.8) is 0 Å². The van der Waals surface area contributed by atoms with E-state index < -0.39 is 17.7 Å². The SMILES string of the molecule is COc1ccc(C(O)=C2C(=O)C(=O)N(CCO)[C@@H]2c2ccc(C)cc2)cc1. The number of methoxy groups -OCH3 is 1. The number of Topliss-reactive ketones (excluding diaryl/α,β-unsaturated/α-hetero) is 1. The minimum atomic E-state index is -0.762. The number of benzene rings is 2. The third-order valence-electron chi connectivity index (χ3n) is 4.64. The Kier molecular flexibility index (Phi) is 5.28. The summed E-state index contributed by atoms with van der Waals surface area (Å²) >= 11 is 0. The van der Waals surface area contributed by atoms with Crippen molar-refractivity contribution in [2.75, 3.05) is 20.3 Å². The van der Waals surface area contributed by atoms with Crippen molar-refractivity contribution in [3.05, 3.63) is 70.8 Å². The number of hydrogen-bond acceptors (Lipinski definition) is 5. The van der Waals surface area contributed by atoms with Crippen LogP contribution in [0, 0.1) is 6.92 Å². The van der Waals surface area contributed by atoms with Crippen LogP contribution in [-0.2, 0) is 9.59 Å². The lowest BCUT2D eigenvalue weighted by molar-refractivity contribution is -0.140. The van der Waals surface area contributed by atoms with Crippen LogP contribution in [0.3, 0.4) is 0 Å². The van der Waals surface area contributed by atoms with Gasteiger partial charge in [0, 0.05) is 12.1 Å². The van der Waals surface area contributed by atoms with Gasteiger partial charge in [-0.3, -0.25) is 9.59 Å². The maximum absolute atomic E-state index is 12.7. The molecule has 27 heavy (non-hydrogen) atoms.